The first-order valence-electron chi connectivity index (χ1n) is 5.74. The van der Waals surface area contributed by atoms with Gasteiger partial charge in [0.1, 0.15) is 6.04 Å². The minimum absolute atomic E-state index is 0. The maximum absolute atomic E-state index is 11.5. The van der Waals surface area contributed by atoms with Crippen molar-refractivity contribution in [3.05, 3.63) is 25.3 Å². The van der Waals surface area contributed by atoms with Crippen molar-refractivity contribution < 1.29 is 26.5 Å². The van der Waals surface area contributed by atoms with Crippen LogP contribution in [0.25, 0.3) is 0 Å². The van der Waals surface area contributed by atoms with Crippen LogP contribution in [0.4, 0.5) is 0 Å². The molecular weight excluding hydrogens is 252 g/mol. The number of rotatable bonds is 8. The Kier molecular flexibility index (Phi) is 9.49. The van der Waals surface area contributed by atoms with Gasteiger partial charge >= 0.3 is 0 Å². The summed E-state index contributed by atoms with van der Waals surface area (Å²) in [7, 11) is 4.00. The molecule has 0 aliphatic heterocycles. The molecule has 0 aromatic rings. The molecule has 0 fully saturated rings. The van der Waals surface area contributed by atoms with Crippen molar-refractivity contribution in [2.45, 2.75) is 19.4 Å². The molecular formula is C13H23ClN2O2. The van der Waals surface area contributed by atoms with E-state index in [2.05, 4.69) is 18.5 Å². The van der Waals surface area contributed by atoms with Gasteiger partial charge in [0.05, 0.1) is 20.6 Å². The molecule has 0 bridgehead atoms. The summed E-state index contributed by atoms with van der Waals surface area (Å²) in [5.41, 5.74) is 0. The van der Waals surface area contributed by atoms with Crippen LogP contribution in [0.3, 0.4) is 0 Å². The Hall–Kier alpha value is -1.13. The Morgan fingerprint density at radius 3 is 2.28 bits per heavy atom. The molecule has 0 heterocycles. The summed E-state index contributed by atoms with van der Waals surface area (Å²) in [5, 5.41) is 2.71. The zero-order chi connectivity index (χ0) is 13.5. The first-order chi connectivity index (χ1) is 7.85. The molecule has 0 aromatic carbocycles. The maximum Gasteiger partial charge on any atom is 0.243 e. The normalized spacial score (nSPS) is 11.9. The summed E-state index contributed by atoms with van der Waals surface area (Å²) in [5.74, 6) is -0.115. The van der Waals surface area contributed by atoms with Crippen molar-refractivity contribution in [3.8, 4) is 0 Å². The van der Waals surface area contributed by atoms with Crippen LogP contribution in [0.15, 0.2) is 25.3 Å². The average Bonchev–Trinajstić information content (AvgIpc) is 2.32. The molecule has 1 amide bonds. The zero-order valence-corrected chi connectivity index (χ0v) is 12.2. The zero-order valence-electron chi connectivity index (χ0n) is 11.4. The summed E-state index contributed by atoms with van der Waals surface area (Å²) >= 11 is 0. The van der Waals surface area contributed by atoms with Gasteiger partial charge in [-0.25, -0.2) is 0 Å². The quantitative estimate of drug-likeness (QED) is 0.313. The monoisotopic (exact) mass is 274 g/mol. The van der Waals surface area contributed by atoms with Crippen LogP contribution in [0.1, 0.15) is 13.3 Å². The second kappa shape index (κ2) is 8.89. The highest BCUT2D eigenvalue weighted by molar-refractivity contribution is 5.92. The molecule has 5 heteroatoms. The van der Waals surface area contributed by atoms with Crippen molar-refractivity contribution in [1.82, 2.24) is 5.32 Å². The number of quaternary nitrogens is 1. The number of hydrogen-bond acceptors (Lipinski definition) is 2. The number of halogens is 1. The van der Waals surface area contributed by atoms with Gasteiger partial charge in [0.2, 0.25) is 11.7 Å². The first-order valence-corrected chi connectivity index (χ1v) is 5.74. The topological polar surface area (TPSA) is 46.2 Å². The van der Waals surface area contributed by atoms with Crippen LogP contribution < -0.4 is 17.7 Å². The fraction of sp³-hybridized carbons (Fsp3) is 0.538. The largest absolute Gasteiger partial charge is 1.00 e. The molecule has 4 nitrogen and oxygen atoms in total. The smallest absolute Gasteiger partial charge is 0.243 e. The third-order valence-electron chi connectivity index (χ3n) is 3.06. The van der Waals surface area contributed by atoms with Crippen LogP contribution in [0.5, 0.6) is 0 Å². The number of amides is 1. The van der Waals surface area contributed by atoms with Gasteiger partial charge in [-0.2, -0.15) is 0 Å². The highest BCUT2D eigenvalue weighted by Crippen LogP contribution is 2.09. The number of likely N-dealkylation sites (N-methyl/N-ethyl adjacent to an activating group) is 1. The van der Waals surface area contributed by atoms with Gasteiger partial charge in [-0.3, -0.25) is 9.59 Å². The summed E-state index contributed by atoms with van der Waals surface area (Å²) in [4.78, 5) is 22.5. The lowest BCUT2D eigenvalue weighted by molar-refractivity contribution is -0.903. The Bertz CT molecular complexity index is 314. The van der Waals surface area contributed by atoms with E-state index in [-0.39, 0.29) is 30.1 Å². The molecule has 0 radical (unpaired) electrons. The predicted octanol–water partition coefficient (Wildman–Crippen LogP) is -2.10. The SMILES string of the molecule is C=CC(=O)NCCC[N+](C)(C)C(C)C(=O)C=C.[Cl-]. The van der Waals surface area contributed by atoms with Gasteiger partial charge in [-0.1, -0.05) is 13.2 Å². The molecule has 1 unspecified atom stereocenters. The minimum atomic E-state index is -0.162. The second-order valence-corrected chi connectivity index (χ2v) is 4.63. The van der Waals surface area contributed by atoms with E-state index in [1.807, 2.05) is 21.0 Å². The van der Waals surface area contributed by atoms with Gasteiger partial charge in [0, 0.05) is 13.0 Å². The number of nitrogens with one attached hydrogen (secondary N) is 1. The summed E-state index contributed by atoms with van der Waals surface area (Å²) in [6.45, 7) is 10.2. The number of carbonyl (C=O) groups excluding carboxylic acids is 2. The Morgan fingerprint density at radius 2 is 1.83 bits per heavy atom. The van der Waals surface area contributed by atoms with Gasteiger partial charge < -0.3 is 22.2 Å². The van der Waals surface area contributed by atoms with Crippen LogP contribution in [-0.2, 0) is 9.59 Å². The van der Waals surface area contributed by atoms with Gasteiger partial charge in [-0.15, -0.1) is 0 Å². The Labute approximate surface area is 116 Å². The van der Waals surface area contributed by atoms with Crippen molar-refractivity contribution >= 4 is 11.7 Å². The molecule has 0 saturated carbocycles. The first kappa shape index (κ1) is 19.2. The highest BCUT2D eigenvalue weighted by atomic mass is 35.5. The van der Waals surface area contributed by atoms with Gasteiger partial charge in [0.15, 0.2) is 0 Å². The number of ketones is 1. The Morgan fingerprint density at radius 1 is 1.28 bits per heavy atom. The number of nitrogens with zero attached hydrogens (tertiary/aromatic N) is 1. The van der Waals surface area contributed by atoms with Gasteiger partial charge in [-0.05, 0) is 19.1 Å². The molecule has 104 valence electrons. The molecule has 0 spiro atoms. The molecule has 1 atom stereocenters. The van der Waals surface area contributed by atoms with E-state index < -0.39 is 0 Å². The molecule has 1 N–H and O–H groups in total. The third kappa shape index (κ3) is 6.57. The lowest BCUT2D eigenvalue weighted by Gasteiger charge is -2.34. The van der Waals surface area contributed by atoms with E-state index in [4.69, 9.17) is 0 Å². The predicted molar refractivity (Wildman–Crippen MR) is 69.5 cm³/mol. The van der Waals surface area contributed by atoms with Gasteiger partial charge in [0.25, 0.3) is 0 Å². The fourth-order valence-electron chi connectivity index (χ4n) is 1.48. The van der Waals surface area contributed by atoms with E-state index in [1.54, 1.807) is 0 Å². The lowest BCUT2D eigenvalue weighted by atomic mass is 10.1. The maximum atomic E-state index is 11.5. The molecule has 0 aromatic heterocycles. The van der Waals surface area contributed by atoms with Crippen LogP contribution in [-0.4, -0.2) is 49.4 Å². The molecule has 18 heavy (non-hydrogen) atoms. The highest BCUT2D eigenvalue weighted by Gasteiger charge is 2.27. The Balaban J connectivity index is 0. The van der Waals surface area contributed by atoms with Crippen LogP contribution in [0, 0.1) is 0 Å². The lowest BCUT2D eigenvalue weighted by Crippen LogP contribution is -3.00. The number of hydrogen-bond donors (Lipinski definition) is 1. The molecule has 0 aliphatic rings. The summed E-state index contributed by atoms with van der Waals surface area (Å²) in [6.07, 6.45) is 3.44. The van der Waals surface area contributed by atoms with Crippen molar-refractivity contribution in [1.29, 1.82) is 0 Å². The van der Waals surface area contributed by atoms with E-state index in [0.717, 1.165) is 13.0 Å². The van der Waals surface area contributed by atoms with E-state index >= 15 is 0 Å². The van der Waals surface area contributed by atoms with Crippen molar-refractivity contribution in [2.24, 2.45) is 0 Å². The van der Waals surface area contributed by atoms with Crippen LogP contribution in [0.2, 0.25) is 0 Å². The third-order valence-corrected chi connectivity index (χ3v) is 3.06. The van der Waals surface area contributed by atoms with E-state index in [0.29, 0.717) is 11.0 Å². The average molecular weight is 275 g/mol. The second-order valence-electron chi connectivity index (χ2n) is 4.63. The standard InChI is InChI=1S/C13H22N2O2.ClH/c1-6-12(16)11(3)15(4,5)10-8-9-14-13(17)7-2;/h6-7,11H,1-2,8-10H2,3-5H3;1H. The van der Waals surface area contributed by atoms with Crippen molar-refractivity contribution in [2.75, 3.05) is 27.2 Å². The summed E-state index contributed by atoms with van der Waals surface area (Å²) < 4.78 is 0.592. The summed E-state index contributed by atoms with van der Waals surface area (Å²) in [6, 6.07) is -0.109. The number of carbonyl (C=O) groups is 2. The molecule has 0 aliphatic carbocycles. The van der Waals surface area contributed by atoms with Crippen LogP contribution >= 0.6 is 0 Å². The molecule has 0 saturated heterocycles. The minimum Gasteiger partial charge on any atom is -1.00 e. The fourth-order valence-corrected chi connectivity index (χ4v) is 1.48. The molecule has 0 rings (SSSR count). The van der Waals surface area contributed by atoms with Crippen molar-refractivity contribution in [3.63, 3.8) is 0 Å². The van der Waals surface area contributed by atoms with E-state index in [1.165, 1.54) is 12.2 Å². The van der Waals surface area contributed by atoms with E-state index in [9.17, 15) is 9.59 Å².